The zero-order chi connectivity index (χ0) is 8.43. The van der Waals surface area contributed by atoms with Crippen molar-refractivity contribution in [3.8, 4) is 5.75 Å². The zero-order valence-corrected chi connectivity index (χ0v) is 7.27. The first kappa shape index (κ1) is 8.12. The topological polar surface area (TPSA) is 9.23 Å². The maximum Gasteiger partial charge on any atom is 0.124 e. The lowest BCUT2D eigenvalue weighted by Gasteiger charge is -2.08. The van der Waals surface area contributed by atoms with Gasteiger partial charge in [0.1, 0.15) is 5.75 Å². The van der Waals surface area contributed by atoms with Gasteiger partial charge in [-0.1, -0.05) is 12.1 Å². The fraction of sp³-hybridized carbons (Fsp3) is 0.300. The van der Waals surface area contributed by atoms with E-state index in [1.54, 1.807) is 7.11 Å². The number of hydrogen-bond acceptors (Lipinski definition) is 1. The molecule has 1 nitrogen and oxygen atoms in total. The van der Waals surface area contributed by atoms with Crippen LogP contribution in [-0.2, 0) is 0 Å². The minimum absolute atomic E-state index is 0.970. The van der Waals surface area contributed by atoms with Crippen LogP contribution >= 0.6 is 0 Å². The third-order valence-electron chi connectivity index (χ3n) is 1.72. The lowest BCUT2D eigenvalue weighted by Crippen LogP contribution is -1.91. The quantitative estimate of drug-likeness (QED) is 0.596. The first-order chi connectivity index (χ1) is 5.15. The summed E-state index contributed by atoms with van der Waals surface area (Å²) in [4.78, 5) is 0. The molecule has 0 aliphatic heterocycles. The molecule has 0 heterocycles. The molecule has 0 amide bonds. The van der Waals surface area contributed by atoms with Gasteiger partial charge < -0.3 is 4.74 Å². The first-order valence-electron chi connectivity index (χ1n) is 3.62. The van der Waals surface area contributed by atoms with E-state index in [-0.39, 0.29) is 0 Å². The summed E-state index contributed by atoms with van der Waals surface area (Å²) < 4.78 is 5.20. The van der Waals surface area contributed by atoms with Gasteiger partial charge in [-0.2, -0.15) is 0 Å². The molecule has 1 rings (SSSR count). The highest BCUT2D eigenvalue weighted by atomic mass is 16.5. The van der Waals surface area contributed by atoms with Gasteiger partial charge in [-0.15, -0.1) is 0 Å². The van der Waals surface area contributed by atoms with E-state index in [0.29, 0.717) is 0 Å². The largest absolute Gasteiger partial charge is 0.496 e. The van der Waals surface area contributed by atoms with Crippen LogP contribution in [-0.4, -0.2) is 7.11 Å². The maximum atomic E-state index is 5.20. The van der Waals surface area contributed by atoms with E-state index in [2.05, 4.69) is 6.92 Å². The van der Waals surface area contributed by atoms with E-state index in [1.165, 1.54) is 0 Å². The Morgan fingerprint density at radius 3 is 2.00 bits per heavy atom. The predicted molar refractivity (Wildman–Crippen MR) is 46.9 cm³/mol. The number of ether oxygens (including phenoxy) is 1. The van der Waals surface area contributed by atoms with Gasteiger partial charge in [0.2, 0.25) is 0 Å². The van der Waals surface area contributed by atoms with Gasteiger partial charge in [-0.3, -0.25) is 0 Å². The van der Waals surface area contributed by atoms with Crippen molar-refractivity contribution in [3.05, 3.63) is 35.7 Å². The number of hydrogen-bond donors (Lipinski definition) is 0. The molecule has 0 aliphatic rings. The lowest BCUT2D eigenvalue weighted by atomic mass is 10.1. The van der Waals surface area contributed by atoms with Gasteiger partial charge in [0, 0.05) is 0 Å². The summed E-state index contributed by atoms with van der Waals surface area (Å²) in [5, 5.41) is 0. The highest BCUT2D eigenvalue weighted by Crippen LogP contribution is 2.23. The number of rotatable bonds is 1. The van der Waals surface area contributed by atoms with E-state index < -0.39 is 0 Å². The highest BCUT2D eigenvalue weighted by molar-refractivity contribution is 5.43. The molecule has 0 bridgehead atoms. The minimum atomic E-state index is 0.970. The Hall–Kier alpha value is -0.980. The van der Waals surface area contributed by atoms with Gasteiger partial charge in [0.25, 0.3) is 0 Å². The fourth-order valence-electron chi connectivity index (χ4n) is 1.36. The molecule has 1 aromatic rings. The van der Waals surface area contributed by atoms with Gasteiger partial charge in [-0.05, 0) is 37.5 Å². The van der Waals surface area contributed by atoms with Crippen molar-refractivity contribution in [1.29, 1.82) is 0 Å². The molecule has 1 heteroatoms. The van der Waals surface area contributed by atoms with E-state index >= 15 is 0 Å². The Morgan fingerprint density at radius 1 is 1.18 bits per heavy atom. The molecule has 0 aliphatic carbocycles. The molecule has 0 atom stereocenters. The van der Waals surface area contributed by atoms with Gasteiger partial charge >= 0.3 is 0 Å². The average Bonchev–Trinajstić information content (AvgIpc) is 1.85. The summed E-state index contributed by atoms with van der Waals surface area (Å²) in [5.41, 5.74) is 3.34. The van der Waals surface area contributed by atoms with E-state index in [1.807, 2.05) is 26.0 Å². The molecule has 0 unspecified atom stereocenters. The van der Waals surface area contributed by atoms with Crippen molar-refractivity contribution < 1.29 is 4.74 Å². The summed E-state index contributed by atoms with van der Waals surface area (Å²) in [7, 11) is 1.69. The van der Waals surface area contributed by atoms with Crippen molar-refractivity contribution >= 4 is 0 Å². The zero-order valence-electron chi connectivity index (χ0n) is 7.27. The van der Waals surface area contributed by atoms with Crippen molar-refractivity contribution in [1.82, 2.24) is 0 Å². The van der Waals surface area contributed by atoms with Crippen LogP contribution in [0, 0.1) is 20.8 Å². The second-order valence-electron chi connectivity index (χ2n) is 2.76. The Bertz CT molecular complexity index is 241. The Balaban J connectivity index is 3.25. The normalized spacial score (nSPS) is 9.82. The van der Waals surface area contributed by atoms with Gasteiger partial charge in [-0.25, -0.2) is 0 Å². The van der Waals surface area contributed by atoms with Crippen LogP contribution in [0.1, 0.15) is 16.7 Å². The molecule has 1 radical (unpaired) electrons. The lowest BCUT2D eigenvalue weighted by molar-refractivity contribution is 0.408. The second-order valence-corrected chi connectivity index (χ2v) is 2.76. The van der Waals surface area contributed by atoms with Crippen molar-refractivity contribution in [3.63, 3.8) is 0 Å². The standard InChI is InChI=1S/C10H13O/c1-7-5-8(2)10(11-4)9(3)6-7/h5-6H,1H2,2-4H3. The van der Waals surface area contributed by atoms with Crippen LogP contribution in [0.25, 0.3) is 0 Å². The van der Waals surface area contributed by atoms with Gasteiger partial charge in [0.05, 0.1) is 7.11 Å². The summed E-state index contributed by atoms with van der Waals surface area (Å²) in [6.45, 7) is 7.92. The van der Waals surface area contributed by atoms with Gasteiger partial charge in [0.15, 0.2) is 0 Å². The van der Waals surface area contributed by atoms with Crippen LogP contribution in [0.15, 0.2) is 12.1 Å². The highest BCUT2D eigenvalue weighted by Gasteiger charge is 2.01. The molecule has 0 spiro atoms. The van der Waals surface area contributed by atoms with Crippen LogP contribution in [0.4, 0.5) is 0 Å². The maximum absolute atomic E-state index is 5.20. The predicted octanol–water partition coefficient (Wildman–Crippen LogP) is 2.49. The van der Waals surface area contributed by atoms with Crippen LogP contribution in [0.3, 0.4) is 0 Å². The van der Waals surface area contributed by atoms with Crippen LogP contribution < -0.4 is 4.74 Å². The third kappa shape index (κ3) is 1.53. The summed E-state index contributed by atoms with van der Waals surface area (Å²) in [6, 6.07) is 4.04. The molecular weight excluding hydrogens is 136 g/mol. The molecule has 0 saturated heterocycles. The SMILES string of the molecule is [CH2]c1cc(C)c(OC)c(C)c1. The Labute approximate surface area is 68.0 Å². The van der Waals surface area contributed by atoms with Crippen LogP contribution in [0.5, 0.6) is 5.75 Å². The molecule has 11 heavy (non-hydrogen) atoms. The molecule has 59 valence electrons. The van der Waals surface area contributed by atoms with E-state index in [4.69, 9.17) is 4.74 Å². The van der Waals surface area contributed by atoms with E-state index in [9.17, 15) is 0 Å². The second kappa shape index (κ2) is 2.95. The summed E-state index contributed by atoms with van der Waals surface area (Å²) in [6.07, 6.45) is 0. The number of aryl methyl sites for hydroxylation is 2. The number of benzene rings is 1. The van der Waals surface area contributed by atoms with Crippen molar-refractivity contribution in [2.75, 3.05) is 7.11 Å². The van der Waals surface area contributed by atoms with Crippen LogP contribution in [0.2, 0.25) is 0 Å². The molecule has 1 aromatic carbocycles. The Kier molecular flexibility index (Phi) is 2.18. The smallest absolute Gasteiger partial charge is 0.124 e. The third-order valence-corrected chi connectivity index (χ3v) is 1.72. The molecule has 0 N–H and O–H groups in total. The molecule has 0 fully saturated rings. The average molecular weight is 149 g/mol. The molecular formula is C10H13O. The first-order valence-corrected chi connectivity index (χ1v) is 3.62. The van der Waals surface area contributed by atoms with Crippen molar-refractivity contribution in [2.45, 2.75) is 13.8 Å². The summed E-state index contributed by atoms with van der Waals surface area (Å²) in [5.74, 6) is 0.970. The molecule has 0 aromatic heterocycles. The number of methoxy groups -OCH3 is 1. The molecule has 0 saturated carbocycles. The van der Waals surface area contributed by atoms with E-state index in [0.717, 1.165) is 22.4 Å². The summed E-state index contributed by atoms with van der Waals surface area (Å²) >= 11 is 0. The Morgan fingerprint density at radius 2 is 1.64 bits per heavy atom. The van der Waals surface area contributed by atoms with Crippen molar-refractivity contribution in [2.24, 2.45) is 0 Å². The minimum Gasteiger partial charge on any atom is -0.496 e. The monoisotopic (exact) mass is 149 g/mol. The fourth-order valence-corrected chi connectivity index (χ4v) is 1.36.